The third-order valence-electron chi connectivity index (χ3n) is 4.23. The molecule has 1 aromatic rings. The van der Waals surface area contributed by atoms with Crippen LogP contribution in [0, 0.1) is 0 Å². The molecule has 1 saturated heterocycles. The van der Waals surface area contributed by atoms with E-state index < -0.39 is 11.4 Å². The number of carbonyl (C=O) groups is 2. The van der Waals surface area contributed by atoms with Crippen molar-refractivity contribution in [3.05, 3.63) is 23.2 Å². The lowest BCUT2D eigenvalue weighted by molar-refractivity contribution is -0.127. The lowest BCUT2D eigenvalue weighted by Gasteiger charge is -2.34. The fourth-order valence-corrected chi connectivity index (χ4v) is 2.98. The Hall–Kier alpha value is -1.82. The monoisotopic (exact) mass is 278 g/mol. The van der Waals surface area contributed by atoms with Gasteiger partial charge in [-0.3, -0.25) is 9.59 Å². The van der Waals surface area contributed by atoms with Gasteiger partial charge in [-0.1, -0.05) is 0 Å². The van der Waals surface area contributed by atoms with Crippen LogP contribution in [0.3, 0.4) is 0 Å². The van der Waals surface area contributed by atoms with Crippen molar-refractivity contribution in [3.63, 3.8) is 0 Å². The molecule has 6 nitrogen and oxygen atoms in total. The molecule has 2 aliphatic rings. The number of carbonyl (C=O) groups excluding carboxylic acids is 2. The molecule has 108 valence electrons. The molecule has 1 aromatic heterocycles. The third-order valence-corrected chi connectivity index (χ3v) is 4.23. The summed E-state index contributed by atoms with van der Waals surface area (Å²) in [4.78, 5) is 24.1. The lowest BCUT2D eigenvalue weighted by atomic mass is 9.89. The molecule has 3 rings (SSSR count). The summed E-state index contributed by atoms with van der Waals surface area (Å²) in [6.45, 7) is 0.832. The van der Waals surface area contributed by atoms with E-state index >= 15 is 0 Å². The normalized spacial score (nSPS) is 20.4. The summed E-state index contributed by atoms with van der Waals surface area (Å²) in [7, 11) is 0. The first-order valence-electron chi connectivity index (χ1n) is 6.92. The van der Waals surface area contributed by atoms with Crippen molar-refractivity contribution in [3.8, 4) is 0 Å². The largest absolute Gasteiger partial charge is 0.459 e. The molecule has 0 radical (unpaired) electrons. The zero-order valence-electron chi connectivity index (χ0n) is 11.2. The Labute approximate surface area is 116 Å². The Morgan fingerprint density at radius 2 is 2.00 bits per heavy atom. The number of aryl methyl sites for hydroxylation is 1. The van der Waals surface area contributed by atoms with E-state index in [9.17, 15) is 9.59 Å². The third kappa shape index (κ3) is 2.10. The molecule has 0 spiro atoms. The molecule has 0 bridgehead atoms. The van der Waals surface area contributed by atoms with Crippen LogP contribution in [0.1, 0.15) is 40.9 Å². The predicted octanol–water partition coefficient (Wildman–Crippen LogP) is 0.533. The van der Waals surface area contributed by atoms with Gasteiger partial charge in [0.15, 0.2) is 5.76 Å². The fraction of sp³-hybridized carbons (Fsp3) is 0.571. The molecule has 1 fully saturated rings. The van der Waals surface area contributed by atoms with Crippen LogP contribution in [0.4, 0.5) is 0 Å². The van der Waals surface area contributed by atoms with E-state index in [0.29, 0.717) is 31.8 Å². The minimum Gasteiger partial charge on any atom is -0.459 e. The van der Waals surface area contributed by atoms with E-state index in [0.717, 1.165) is 30.4 Å². The van der Waals surface area contributed by atoms with Gasteiger partial charge in [0.1, 0.15) is 5.54 Å². The van der Waals surface area contributed by atoms with Gasteiger partial charge in [0.2, 0.25) is 5.91 Å². The van der Waals surface area contributed by atoms with E-state index in [4.69, 9.17) is 14.9 Å². The molecule has 20 heavy (non-hydrogen) atoms. The Balaban J connectivity index is 1.81. The van der Waals surface area contributed by atoms with Gasteiger partial charge in [-0.2, -0.15) is 0 Å². The maximum absolute atomic E-state index is 12.4. The molecule has 0 atom stereocenters. The molecule has 1 aliphatic heterocycles. The van der Waals surface area contributed by atoms with E-state index in [1.807, 2.05) is 0 Å². The zero-order valence-corrected chi connectivity index (χ0v) is 11.2. The van der Waals surface area contributed by atoms with Gasteiger partial charge in [-0.15, -0.1) is 0 Å². The zero-order chi connectivity index (χ0) is 14.2. The molecule has 0 saturated carbocycles. The Morgan fingerprint density at radius 3 is 2.70 bits per heavy atom. The van der Waals surface area contributed by atoms with Gasteiger partial charge < -0.3 is 20.2 Å². The minimum atomic E-state index is -1.02. The molecule has 2 heterocycles. The second kappa shape index (κ2) is 4.94. The van der Waals surface area contributed by atoms with Gasteiger partial charge in [-0.25, -0.2) is 0 Å². The Morgan fingerprint density at radius 1 is 1.25 bits per heavy atom. The molecular formula is C14H18N2O4. The van der Waals surface area contributed by atoms with Crippen molar-refractivity contribution < 1.29 is 18.7 Å². The van der Waals surface area contributed by atoms with Crippen molar-refractivity contribution in [1.82, 2.24) is 5.32 Å². The van der Waals surface area contributed by atoms with Gasteiger partial charge >= 0.3 is 0 Å². The molecule has 3 N–H and O–H groups in total. The maximum atomic E-state index is 12.4. The fourth-order valence-electron chi connectivity index (χ4n) is 2.98. The molecule has 0 unspecified atom stereocenters. The summed E-state index contributed by atoms with van der Waals surface area (Å²) in [5.74, 6) is -0.546. The summed E-state index contributed by atoms with van der Waals surface area (Å²) in [6, 6.07) is 0. The predicted molar refractivity (Wildman–Crippen MR) is 70.2 cm³/mol. The number of rotatable bonds is 3. The van der Waals surface area contributed by atoms with E-state index in [1.54, 1.807) is 6.26 Å². The highest BCUT2D eigenvalue weighted by atomic mass is 16.5. The number of furan rings is 1. The number of primary amides is 1. The van der Waals surface area contributed by atoms with E-state index in [-0.39, 0.29) is 5.91 Å². The number of hydrogen-bond donors (Lipinski definition) is 2. The number of nitrogens with one attached hydrogen (secondary N) is 1. The van der Waals surface area contributed by atoms with Crippen LogP contribution >= 0.6 is 0 Å². The summed E-state index contributed by atoms with van der Waals surface area (Å²) in [5, 5.41) is 2.78. The number of nitrogens with two attached hydrogens (primary N) is 1. The smallest absolute Gasteiger partial charge is 0.288 e. The number of amides is 2. The van der Waals surface area contributed by atoms with Crippen molar-refractivity contribution in [2.24, 2.45) is 5.73 Å². The highest BCUT2D eigenvalue weighted by Crippen LogP contribution is 2.28. The van der Waals surface area contributed by atoms with Crippen LogP contribution in [-0.4, -0.2) is 30.6 Å². The SMILES string of the molecule is NC(=O)C1(NC(=O)c2occ3c2CCC3)CCOCC1. The van der Waals surface area contributed by atoms with Crippen LogP contribution in [-0.2, 0) is 22.4 Å². The van der Waals surface area contributed by atoms with E-state index in [1.165, 1.54) is 0 Å². The highest BCUT2D eigenvalue weighted by Gasteiger charge is 2.41. The van der Waals surface area contributed by atoms with Crippen molar-refractivity contribution in [1.29, 1.82) is 0 Å². The van der Waals surface area contributed by atoms with Crippen molar-refractivity contribution in [2.75, 3.05) is 13.2 Å². The van der Waals surface area contributed by atoms with Crippen molar-refractivity contribution in [2.45, 2.75) is 37.6 Å². The van der Waals surface area contributed by atoms with Crippen LogP contribution < -0.4 is 11.1 Å². The van der Waals surface area contributed by atoms with Gasteiger partial charge in [0.05, 0.1) is 6.26 Å². The Bertz CT molecular complexity index is 543. The summed E-state index contributed by atoms with van der Waals surface area (Å²) < 4.78 is 10.6. The first kappa shape index (κ1) is 13.2. The highest BCUT2D eigenvalue weighted by molar-refractivity contribution is 5.98. The summed E-state index contributed by atoms with van der Waals surface area (Å²) in [6.07, 6.45) is 5.27. The average molecular weight is 278 g/mol. The van der Waals surface area contributed by atoms with Crippen LogP contribution in [0.5, 0.6) is 0 Å². The first-order chi connectivity index (χ1) is 9.62. The van der Waals surface area contributed by atoms with Gasteiger partial charge in [0, 0.05) is 31.6 Å². The average Bonchev–Trinajstić information content (AvgIpc) is 3.01. The summed E-state index contributed by atoms with van der Waals surface area (Å²) >= 11 is 0. The number of ether oxygens (including phenoxy) is 1. The second-order valence-electron chi connectivity index (χ2n) is 5.44. The number of fused-ring (bicyclic) bond motifs is 1. The first-order valence-corrected chi connectivity index (χ1v) is 6.92. The van der Waals surface area contributed by atoms with Gasteiger partial charge in [0.25, 0.3) is 5.91 Å². The summed E-state index contributed by atoms with van der Waals surface area (Å²) in [5.41, 5.74) is 6.52. The van der Waals surface area contributed by atoms with Gasteiger partial charge in [-0.05, 0) is 24.8 Å². The maximum Gasteiger partial charge on any atom is 0.288 e. The standard InChI is InChI=1S/C14H18N2O4/c15-13(18)14(4-6-19-7-5-14)16-12(17)11-10-3-1-2-9(10)8-20-11/h8H,1-7H2,(H2,15,18)(H,16,17). The minimum absolute atomic E-state index is 0.324. The van der Waals surface area contributed by atoms with Crippen LogP contribution in [0.15, 0.2) is 10.7 Å². The van der Waals surface area contributed by atoms with Crippen LogP contribution in [0.25, 0.3) is 0 Å². The topological polar surface area (TPSA) is 94.6 Å². The molecule has 0 aromatic carbocycles. The molecule has 6 heteroatoms. The molecule has 2 amide bonds. The second-order valence-corrected chi connectivity index (χ2v) is 5.44. The number of hydrogen-bond acceptors (Lipinski definition) is 4. The quantitative estimate of drug-likeness (QED) is 0.843. The lowest BCUT2D eigenvalue weighted by Crippen LogP contribution is -2.60. The molecule has 1 aliphatic carbocycles. The van der Waals surface area contributed by atoms with Crippen molar-refractivity contribution >= 4 is 11.8 Å². The van der Waals surface area contributed by atoms with E-state index in [2.05, 4.69) is 5.32 Å². The van der Waals surface area contributed by atoms with Crippen LogP contribution in [0.2, 0.25) is 0 Å². The Kier molecular flexibility index (Phi) is 3.25. The molecular weight excluding hydrogens is 260 g/mol.